The summed E-state index contributed by atoms with van der Waals surface area (Å²) in [4.78, 5) is 2.90. The summed E-state index contributed by atoms with van der Waals surface area (Å²) in [5, 5.41) is 3.71. The maximum Gasteiger partial charge on any atom is 0.0673 e. The van der Waals surface area contributed by atoms with Crippen molar-refractivity contribution in [3.63, 3.8) is 0 Å². The van der Waals surface area contributed by atoms with Gasteiger partial charge < -0.3 is 5.32 Å². The fourth-order valence-corrected chi connectivity index (χ4v) is 3.59. The number of hydrogen-bond donors (Lipinski definition) is 1. The lowest BCUT2D eigenvalue weighted by molar-refractivity contribution is 0.603. The van der Waals surface area contributed by atoms with E-state index in [1.165, 1.54) is 26.4 Å². The highest BCUT2D eigenvalue weighted by atomic mass is 32.1. The van der Waals surface area contributed by atoms with Crippen LogP contribution < -0.4 is 5.32 Å². The fraction of sp³-hybridized carbons (Fsp3) is 0.444. The number of nitrogens with one attached hydrogen (secondary N) is 1. The Morgan fingerprint density at radius 3 is 2.50 bits per heavy atom. The van der Waals surface area contributed by atoms with Crippen molar-refractivity contribution < 1.29 is 0 Å². The molecule has 2 heteroatoms. The Morgan fingerprint density at radius 2 is 1.90 bits per heavy atom. The molecule has 0 saturated heterocycles. The molecule has 20 heavy (non-hydrogen) atoms. The molecule has 0 saturated carbocycles. The van der Waals surface area contributed by atoms with E-state index < -0.39 is 0 Å². The Balaban J connectivity index is 2.35. The van der Waals surface area contributed by atoms with Gasteiger partial charge in [0.1, 0.15) is 0 Å². The molecule has 0 amide bonds. The van der Waals surface area contributed by atoms with Crippen molar-refractivity contribution in [2.75, 3.05) is 6.54 Å². The Hall–Kier alpha value is -1.12. The summed E-state index contributed by atoms with van der Waals surface area (Å²) in [7, 11) is 0. The summed E-state index contributed by atoms with van der Waals surface area (Å²) in [6.07, 6.45) is 2.28. The van der Waals surface area contributed by atoms with Gasteiger partial charge in [-0.15, -0.1) is 11.3 Å². The molecule has 1 aromatic carbocycles. The molecule has 1 unspecified atom stereocenters. The van der Waals surface area contributed by atoms with Crippen molar-refractivity contribution in [2.45, 2.75) is 46.6 Å². The van der Waals surface area contributed by atoms with E-state index in [2.05, 4.69) is 63.3 Å². The zero-order valence-corrected chi connectivity index (χ0v) is 13.8. The molecule has 1 heterocycles. The topological polar surface area (TPSA) is 12.0 Å². The summed E-state index contributed by atoms with van der Waals surface area (Å²) in [5.41, 5.74) is 4.12. The van der Waals surface area contributed by atoms with Crippen LogP contribution in [0.25, 0.3) is 0 Å². The summed E-state index contributed by atoms with van der Waals surface area (Å²) in [5.74, 6) is 0. The molecule has 2 rings (SSSR count). The van der Waals surface area contributed by atoms with Crippen LogP contribution in [0.15, 0.2) is 30.3 Å². The second-order valence-electron chi connectivity index (χ2n) is 5.40. The highest BCUT2D eigenvalue weighted by Gasteiger charge is 2.17. The predicted molar refractivity (Wildman–Crippen MR) is 89.7 cm³/mol. The van der Waals surface area contributed by atoms with E-state index in [0.29, 0.717) is 6.04 Å². The van der Waals surface area contributed by atoms with Crippen LogP contribution in [0.3, 0.4) is 0 Å². The second kappa shape index (κ2) is 7.05. The predicted octanol–water partition coefficient (Wildman–Crippen LogP) is 5.02. The molecule has 0 bridgehead atoms. The zero-order chi connectivity index (χ0) is 14.5. The van der Waals surface area contributed by atoms with Gasteiger partial charge in [0.05, 0.1) is 6.04 Å². The maximum atomic E-state index is 3.71. The minimum Gasteiger partial charge on any atom is -0.306 e. The van der Waals surface area contributed by atoms with Gasteiger partial charge in [-0.05, 0) is 56.5 Å². The molecule has 0 fully saturated rings. The summed E-state index contributed by atoms with van der Waals surface area (Å²) in [6, 6.07) is 11.7. The van der Waals surface area contributed by atoms with Gasteiger partial charge in [-0.3, -0.25) is 0 Å². The minimum absolute atomic E-state index is 0.334. The van der Waals surface area contributed by atoms with Crippen LogP contribution in [0.4, 0.5) is 0 Å². The second-order valence-corrected chi connectivity index (χ2v) is 6.60. The monoisotopic (exact) mass is 287 g/mol. The largest absolute Gasteiger partial charge is 0.306 e. The first kappa shape index (κ1) is 15.3. The molecule has 108 valence electrons. The maximum absolute atomic E-state index is 3.71. The van der Waals surface area contributed by atoms with E-state index in [0.717, 1.165) is 19.4 Å². The molecular formula is C18H25NS. The first-order valence-electron chi connectivity index (χ1n) is 7.54. The molecule has 1 nitrogen and oxygen atoms in total. The summed E-state index contributed by atoms with van der Waals surface area (Å²) in [6.45, 7) is 9.87. The van der Waals surface area contributed by atoms with E-state index in [1.807, 2.05) is 11.3 Å². The normalized spacial score (nSPS) is 12.6. The number of thiophene rings is 1. The van der Waals surface area contributed by atoms with E-state index in [1.54, 1.807) is 0 Å². The van der Waals surface area contributed by atoms with Crippen LogP contribution in [-0.2, 0) is 6.42 Å². The van der Waals surface area contributed by atoms with Gasteiger partial charge in [0.15, 0.2) is 0 Å². The Labute approximate surface area is 127 Å². The van der Waals surface area contributed by atoms with Crippen molar-refractivity contribution >= 4 is 11.3 Å². The lowest BCUT2D eigenvalue weighted by atomic mass is 9.98. The SMILES string of the molecule is CCCNC(c1ccc(CC)s1)c1ccc(C)cc1C. The van der Waals surface area contributed by atoms with Gasteiger partial charge in [0, 0.05) is 9.75 Å². The minimum atomic E-state index is 0.334. The van der Waals surface area contributed by atoms with Gasteiger partial charge in [0.25, 0.3) is 0 Å². The highest BCUT2D eigenvalue weighted by molar-refractivity contribution is 7.12. The summed E-state index contributed by atoms with van der Waals surface area (Å²) >= 11 is 1.94. The Kier molecular flexibility index (Phi) is 5.38. The molecule has 1 atom stereocenters. The lowest BCUT2D eigenvalue weighted by Crippen LogP contribution is -2.23. The van der Waals surface area contributed by atoms with Crippen molar-refractivity contribution in [3.8, 4) is 0 Å². The number of hydrogen-bond acceptors (Lipinski definition) is 2. The van der Waals surface area contributed by atoms with Crippen LogP contribution in [0.1, 0.15) is 52.8 Å². The average Bonchev–Trinajstić information content (AvgIpc) is 2.90. The number of benzene rings is 1. The molecule has 2 aromatic rings. The van der Waals surface area contributed by atoms with E-state index in [4.69, 9.17) is 0 Å². The molecule has 0 spiro atoms. The van der Waals surface area contributed by atoms with Gasteiger partial charge in [-0.25, -0.2) is 0 Å². The van der Waals surface area contributed by atoms with Gasteiger partial charge in [0.2, 0.25) is 0 Å². The van der Waals surface area contributed by atoms with Crippen LogP contribution in [0.5, 0.6) is 0 Å². The van der Waals surface area contributed by atoms with Crippen molar-refractivity contribution in [3.05, 3.63) is 56.8 Å². The van der Waals surface area contributed by atoms with Gasteiger partial charge >= 0.3 is 0 Å². The van der Waals surface area contributed by atoms with Gasteiger partial charge in [-0.1, -0.05) is 37.6 Å². The van der Waals surface area contributed by atoms with Crippen molar-refractivity contribution in [1.82, 2.24) is 5.32 Å². The first-order chi connectivity index (χ1) is 9.65. The first-order valence-corrected chi connectivity index (χ1v) is 8.36. The molecule has 0 aliphatic heterocycles. The molecule has 0 radical (unpaired) electrons. The molecule has 0 aliphatic carbocycles. The smallest absolute Gasteiger partial charge is 0.0673 e. The van der Waals surface area contributed by atoms with Crippen LogP contribution in [0.2, 0.25) is 0 Å². The average molecular weight is 287 g/mol. The standard InChI is InChI=1S/C18H25NS/c1-5-11-19-18(17-10-8-15(6-2)20-17)16-9-7-13(3)12-14(16)4/h7-10,12,18-19H,5-6,11H2,1-4H3. The third-order valence-corrected chi connectivity index (χ3v) is 4.94. The molecule has 1 N–H and O–H groups in total. The number of rotatable bonds is 6. The van der Waals surface area contributed by atoms with Crippen molar-refractivity contribution in [1.29, 1.82) is 0 Å². The summed E-state index contributed by atoms with van der Waals surface area (Å²) < 4.78 is 0. The zero-order valence-electron chi connectivity index (χ0n) is 13.0. The van der Waals surface area contributed by atoms with Crippen LogP contribution >= 0.6 is 11.3 Å². The molecule has 0 aliphatic rings. The quantitative estimate of drug-likeness (QED) is 0.787. The number of aryl methyl sites for hydroxylation is 3. The van der Waals surface area contributed by atoms with Crippen LogP contribution in [-0.4, -0.2) is 6.54 Å². The Bertz CT molecular complexity index is 556. The third kappa shape index (κ3) is 3.50. The van der Waals surface area contributed by atoms with Gasteiger partial charge in [-0.2, -0.15) is 0 Å². The third-order valence-electron chi connectivity index (χ3n) is 3.65. The Morgan fingerprint density at radius 1 is 1.10 bits per heavy atom. The van der Waals surface area contributed by atoms with Crippen LogP contribution in [0, 0.1) is 13.8 Å². The fourth-order valence-electron chi connectivity index (χ4n) is 2.54. The van der Waals surface area contributed by atoms with Crippen molar-refractivity contribution in [2.24, 2.45) is 0 Å². The highest BCUT2D eigenvalue weighted by Crippen LogP contribution is 2.31. The molecule has 1 aromatic heterocycles. The van der Waals surface area contributed by atoms with E-state index in [-0.39, 0.29) is 0 Å². The van der Waals surface area contributed by atoms with E-state index >= 15 is 0 Å². The van der Waals surface area contributed by atoms with E-state index in [9.17, 15) is 0 Å². The lowest BCUT2D eigenvalue weighted by Gasteiger charge is -2.20. The molecular weight excluding hydrogens is 262 g/mol.